The lowest BCUT2D eigenvalue weighted by atomic mass is 10.2. The summed E-state index contributed by atoms with van der Waals surface area (Å²) >= 11 is 1.66. The van der Waals surface area contributed by atoms with Crippen molar-refractivity contribution in [1.82, 2.24) is 24.8 Å². The molecule has 5 rings (SSSR count). The number of fused-ring (bicyclic) bond motifs is 1. The fraction of sp³-hybridized carbons (Fsp3) is 0.0476. The summed E-state index contributed by atoms with van der Waals surface area (Å²) in [6.45, 7) is 0. The van der Waals surface area contributed by atoms with Gasteiger partial charge in [-0.1, -0.05) is 30.0 Å². The van der Waals surface area contributed by atoms with Gasteiger partial charge in [-0.15, -0.1) is 0 Å². The molecule has 0 radical (unpaired) electrons. The number of benzene rings is 2. The largest absolute Gasteiger partial charge is 0.495 e. The van der Waals surface area contributed by atoms with Crippen molar-refractivity contribution in [2.24, 2.45) is 0 Å². The number of aromatic nitrogens is 5. The maximum atomic E-state index is 5.95. The van der Waals surface area contributed by atoms with Crippen molar-refractivity contribution in [2.75, 3.05) is 12.8 Å². The number of hydrogen-bond donors (Lipinski definition) is 1. The molecule has 0 saturated heterocycles. The highest BCUT2D eigenvalue weighted by Gasteiger charge is 2.22. The van der Waals surface area contributed by atoms with Crippen LogP contribution in [0.3, 0.4) is 0 Å². The Bertz CT molecular complexity index is 1330. The number of anilines is 1. The highest BCUT2D eigenvalue weighted by Crippen LogP contribution is 2.37. The second kappa shape index (κ2) is 7.53. The number of methoxy groups -OCH3 is 1. The van der Waals surface area contributed by atoms with Crippen LogP contribution in [-0.2, 0) is 0 Å². The molecule has 0 fully saturated rings. The van der Waals surface area contributed by atoms with Gasteiger partial charge in [0.25, 0.3) is 0 Å². The number of nitrogens with zero attached hydrogens (tertiary/aromatic N) is 5. The molecule has 0 spiro atoms. The topological polar surface area (TPSA) is 105 Å². The zero-order valence-electron chi connectivity index (χ0n) is 15.9. The van der Waals surface area contributed by atoms with Gasteiger partial charge in [0.2, 0.25) is 0 Å². The van der Waals surface area contributed by atoms with E-state index in [4.69, 9.17) is 15.1 Å². The van der Waals surface area contributed by atoms with E-state index in [1.165, 1.54) is 0 Å². The van der Waals surface area contributed by atoms with Crippen LogP contribution in [0.4, 0.5) is 5.82 Å². The molecule has 5 aromatic rings. The number of hydrogen-bond acceptors (Lipinski definition) is 8. The molecule has 0 aliphatic rings. The van der Waals surface area contributed by atoms with Gasteiger partial charge in [0.05, 0.1) is 24.5 Å². The summed E-state index contributed by atoms with van der Waals surface area (Å²) in [5.74, 6) is 1.34. The van der Waals surface area contributed by atoms with Gasteiger partial charge in [0.15, 0.2) is 17.3 Å². The van der Waals surface area contributed by atoms with E-state index in [1.54, 1.807) is 31.3 Å². The molecule has 0 aliphatic heterocycles. The van der Waals surface area contributed by atoms with Gasteiger partial charge < -0.3 is 10.5 Å². The van der Waals surface area contributed by atoms with E-state index < -0.39 is 0 Å². The van der Waals surface area contributed by atoms with Gasteiger partial charge >= 0.3 is 0 Å². The molecule has 0 amide bonds. The third-order valence-electron chi connectivity index (χ3n) is 4.55. The molecule has 0 bridgehead atoms. The first-order valence-corrected chi connectivity index (χ1v) is 9.88. The standard InChI is InChI=1S/C21H16N6O2S/c1-28-18-11-14(30-13-5-3-2-4-6-13)7-8-17(18)27-16-9-10-23-12-15(16)24-21(27)19-20(22)26-29-25-19/h2-12H,1H3,(H2,22,26). The summed E-state index contributed by atoms with van der Waals surface area (Å²) < 4.78 is 12.5. The Morgan fingerprint density at radius 2 is 1.90 bits per heavy atom. The van der Waals surface area contributed by atoms with Gasteiger partial charge in [-0.2, -0.15) is 0 Å². The minimum absolute atomic E-state index is 0.162. The first-order chi connectivity index (χ1) is 14.7. The minimum Gasteiger partial charge on any atom is -0.495 e. The number of nitrogen functional groups attached to an aromatic ring is 1. The van der Waals surface area contributed by atoms with E-state index in [1.807, 2.05) is 47.0 Å². The number of rotatable bonds is 5. The fourth-order valence-electron chi connectivity index (χ4n) is 3.22. The zero-order valence-corrected chi connectivity index (χ0v) is 16.7. The molecule has 0 aliphatic carbocycles. The number of nitrogens with two attached hydrogens (primary N) is 1. The molecule has 8 nitrogen and oxygen atoms in total. The van der Waals surface area contributed by atoms with Crippen LogP contribution < -0.4 is 10.5 Å². The molecule has 0 atom stereocenters. The van der Waals surface area contributed by atoms with E-state index >= 15 is 0 Å². The molecule has 2 N–H and O–H groups in total. The summed E-state index contributed by atoms with van der Waals surface area (Å²) in [6, 6.07) is 18.1. The second-order valence-corrected chi connectivity index (χ2v) is 7.53. The van der Waals surface area contributed by atoms with Gasteiger partial charge in [0.1, 0.15) is 11.3 Å². The van der Waals surface area contributed by atoms with E-state index in [-0.39, 0.29) is 5.82 Å². The first-order valence-electron chi connectivity index (χ1n) is 9.07. The molecule has 3 heterocycles. The number of imidazole rings is 1. The number of pyridine rings is 1. The van der Waals surface area contributed by atoms with E-state index in [0.29, 0.717) is 22.8 Å². The Labute approximate surface area is 175 Å². The Morgan fingerprint density at radius 3 is 2.67 bits per heavy atom. The summed E-state index contributed by atoms with van der Waals surface area (Å²) in [7, 11) is 1.64. The van der Waals surface area contributed by atoms with Crippen molar-refractivity contribution in [3.05, 3.63) is 67.0 Å². The Hall–Kier alpha value is -3.85. The summed E-state index contributed by atoms with van der Waals surface area (Å²) in [5.41, 5.74) is 8.63. The molecule has 0 saturated carbocycles. The second-order valence-electron chi connectivity index (χ2n) is 6.38. The van der Waals surface area contributed by atoms with Crippen LogP contribution in [0.25, 0.3) is 28.2 Å². The zero-order chi connectivity index (χ0) is 20.5. The van der Waals surface area contributed by atoms with E-state index in [2.05, 4.69) is 32.4 Å². The van der Waals surface area contributed by atoms with Crippen molar-refractivity contribution in [3.63, 3.8) is 0 Å². The van der Waals surface area contributed by atoms with Crippen LogP contribution in [0.2, 0.25) is 0 Å². The van der Waals surface area contributed by atoms with Crippen molar-refractivity contribution in [2.45, 2.75) is 9.79 Å². The average molecular weight is 416 g/mol. The predicted molar refractivity (Wildman–Crippen MR) is 114 cm³/mol. The van der Waals surface area contributed by atoms with Crippen molar-refractivity contribution >= 4 is 28.6 Å². The van der Waals surface area contributed by atoms with Crippen molar-refractivity contribution < 1.29 is 9.37 Å². The van der Waals surface area contributed by atoms with Crippen LogP contribution in [0.15, 0.2) is 81.4 Å². The van der Waals surface area contributed by atoms with Crippen molar-refractivity contribution in [1.29, 1.82) is 0 Å². The van der Waals surface area contributed by atoms with E-state index in [9.17, 15) is 0 Å². The molecule has 148 valence electrons. The molecule has 3 aromatic heterocycles. The molecule has 30 heavy (non-hydrogen) atoms. The summed E-state index contributed by atoms with van der Waals surface area (Å²) in [5, 5.41) is 7.63. The lowest BCUT2D eigenvalue weighted by Gasteiger charge is -2.14. The quantitative estimate of drug-likeness (QED) is 0.454. The lowest BCUT2D eigenvalue weighted by molar-refractivity contribution is 0.310. The maximum Gasteiger partial charge on any atom is 0.199 e. The van der Waals surface area contributed by atoms with Crippen LogP contribution >= 0.6 is 11.8 Å². The number of ether oxygens (including phenoxy) is 1. The normalized spacial score (nSPS) is 11.1. The van der Waals surface area contributed by atoms with Crippen LogP contribution in [0.5, 0.6) is 5.75 Å². The van der Waals surface area contributed by atoms with Gasteiger partial charge in [0, 0.05) is 16.0 Å². The first kappa shape index (κ1) is 18.2. The molecule has 2 aromatic carbocycles. The van der Waals surface area contributed by atoms with E-state index in [0.717, 1.165) is 21.0 Å². The van der Waals surface area contributed by atoms with Crippen LogP contribution in [0, 0.1) is 0 Å². The minimum atomic E-state index is 0.162. The van der Waals surface area contributed by atoms with Crippen molar-refractivity contribution in [3.8, 4) is 23.0 Å². The fourth-order valence-corrected chi connectivity index (χ4v) is 4.08. The predicted octanol–water partition coefficient (Wildman–Crippen LogP) is 4.21. The van der Waals surface area contributed by atoms with Gasteiger partial charge in [-0.3, -0.25) is 9.55 Å². The Morgan fingerprint density at radius 1 is 1.03 bits per heavy atom. The maximum absolute atomic E-state index is 5.95. The highest BCUT2D eigenvalue weighted by molar-refractivity contribution is 7.99. The average Bonchev–Trinajstić information content (AvgIpc) is 3.37. The lowest BCUT2D eigenvalue weighted by Crippen LogP contribution is -2.02. The third kappa shape index (κ3) is 3.15. The van der Waals surface area contributed by atoms with Crippen LogP contribution in [-0.4, -0.2) is 32.0 Å². The van der Waals surface area contributed by atoms with Gasteiger partial charge in [-0.05, 0) is 46.7 Å². The van der Waals surface area contributed by atoms with Gasteiger partial charge in [-0.25, -0.2) is 9.61 Å². The van der Waals surface area contributed by atoms with Crippen LogP contribution in [0.1, 0.15) is 0 Å². The summed E-state index contributed by atoms with van der Waals surface area (Å²) in [6.07, 6.45) is 3.39. The smallest absolute Gasteiger partial charge is 0.199 e. The Kier molecular flexibility index (Phi) is 4.56. The molecular formula is C21H16N6O2S. The highest BCUT2D eigenvalue weighted by atomic mass is 32.2. The molecular weight excluding hydrogens is 400 g/mol. The Balaban J connectivity index is 1.67. The SMILES string of the molecule is COc1cc(Sc2ccccc2)ccc1-n1c(-c2nonc2N)nc2cnccc21. The monoisotopic (exact) mass is 416 g/mol. The molecule has 9 heteroatoms. The molecule has 0 unspecified atom stereocenters. The summed E-state index contributed by atoms with van der Waals surface area (Å²) in [4.78, 5) is 11.0. The third-order valence-corrected chi connectivity index (χ3v) is 5.55.